The second-order valence-electron chi connectivity index (χ2n) is 11.7. The van der Waals surface area contributed by atoms with Crippen LogP contribution in [0.4, 0.5) is 0 Å². The third-order valence-corrected chi connectivity index (χ3v) is 9.81. The van der Waals surface area contributed by atoms with Crippen molar-refractivity contribution in [1.82, 2.24) is 0 Å². The first-order chi connectivity index (χ1) is 15.6. The van der Waals surface area contributed by atoms with E-state index in [-0.39, 0.29) is 66.6 Å². The quantitative estimate of drug-likeness (QED) is 0.492. The Labute approximate surface area is 191 Å². The first kappa shape index (κ1) is 20.2. The second kappa shape index (κ2) is 5.71. The summed E-state index contributed by atoms with van der Waals surface area (Å²) in [5.74, 6) is -0.778. The monoisotopic (exact) mass is 456 g/mol. The molecule has 7 rings (SSSR count). The lowest BCUT2D eigenvalue weighted by molar-refractivity contribution is -0.154. The van der Waals surface area contributed by atoms with E-state index in [4.69, 9.17) is 23.4 Å². The number of furan rings is 1. The minimum Gasteiger partial charge on any atom is -0.472 e. The maximum Gasteiger partial charge on any atom is 0.316 e. The third-order valence-electron chi connectivity index (χ3n) is 9.81. The Morgan fingerprint density at radius 2 is 1.97 bits per heavy atom. The summed E-state index contributed by atoms with van der Waals surface area (Å²) in [6, 6.07) is 1.85. The van der Waals surface area contributed by atoms with E-state index in [0.717, 1.165) is 18.4 Å². The Morgan fingerprint density at radius 1 is 1.15 bits per heavy atom. The number of ketones is 1. The largest absolute Gasteiger partial charge is 0.472 e. The van der Waals surface area contributed by atoms with Crippen molar-refractivity contribution in [2.45, 2.75) is 94.4 Å². The van der Waals surface area contributed by atoms with Crippen molar-refractivity contribution >= 4 is 17.7 Å². The fourth-order valence-electron chi connectivity index (χ4n) is 8.25. The molecule has 2 aliphatic carbocycles. The van der Waals surface area contributed by atoms with Gasteiger partial charge in [-0.25, -0.2) is 0 Å². The number of fused-ring (bicyclic) bond motifs is 2. The SMILES string of the molecule is CC1(C)OC2CC(=O)OC2(C)C1CC(=O)CC12OC1CCC13CC12C(=O)OC3c1ccoc1. The molecular formula is C25H28O8. The molecule has 8 atom stereocenters. The molecule has 0 bridgehead atoms. The van der Waals surface area contributed by atoms with Crippen LogP contribution in [0.15, 0.2) is 23.0 Å². The van der Waals surface area contributed by atoms with E-state index in [0.29, 0.717) is 6.42 Å². The Bertz CT molecular complexity index is 1090. The Hall–Kier alpha value is -2.19. The number of carbonyl (C=O) groups excluding carboxylic acids is 3. The minimum atomic E-state index is -0.815. The predicted octanol–water partition coefficient (Wildman–Crippen LogP) is 3.03. The average molecular weight is 456 g/mol. The zero-order valence-electron chi connectivity index (χ0n) is 19.1. The lowest BCUT2D eigenvalue weighted by Gasteiger charge is -2.34. The molecule has 6 fully saturated rings. The number of hydrogen-bond donors (Lipinski definition) is 0. The standard InChI is InChI=1S/C25H28O8/c1-21(2)15(22(3)17(31-21)9-18(27)33-22)8-14(26)10-25-16(32-25)4-6-23-12-24(23,25)20(28)30-19(23)13-5-7-29-11-13/h5,7,11,15-17,19H,4,6,8-10,12H2,1-3H3. The first-order valence-electron chi connectivity index (χ1n) is 11.9. The Balaban J connectivity index is 1.16. The molecule has 176 valence electrons. The van der Waals surface area contributed by atoms with Crippen LogP contribution in [0.25, 0.3) is 0 Å². The highest BCUT2D eigenvalue weighted by molar-refractivity contribution is 5.91. The molecule has 0 radical (unpaired) electrons. The van der Waals surface area contributed by atoms with Gasteiger partial charge in [-0.2, -0.15) is 0 Å². The molecule has 2 saturated carbocycles. The van der Waals surface area contributed by atoms with Crippen molar-refractivity contribution < 1.29 is 37.7 Å². The van der Waals surface area contributed by atoms with Gasteiger partial charge in [0.25, 0.3) is 0 Å². The van der Waals surface area contributed by atoms with Crippen LogP contribution >= 0.6 is 0 Å². The lowest BCUT2D eigenvalue weighted by Crippen LogP contribution is -2.45. The summed E-state index contributed by atoms with van der Waals surface area (Å²) in [5.41, 5.74) is -2.40. The van der Waals surface area contributed by atoms with Gasteiger partial charge in [0, 0.05) is 29.7 Å². The highest BCUT2D eigenvalue weighted by Gasteiger charge is 2.95. The summed E-state index contributed by atoms with van der Waals surface area (Å²) in [6.07, 6.45) is 5.41. The topological polar surface area (TPSA) is 105 Å². The molecule has 6 aliphatic rings. The number of carbonyl (C=O) groups is 3. The molecular weight excluding hydrogens is 428 g/mol. The van der Waals surface area contributed by atoms with Gasteiger partial charge in [0.15, 0.2) is 0 Å². The van der Waals surface area contributed by atoms with Crippen molar-refractivity contribution in [2.24, 2.45) is 16.7 Å². The second-order valence-corrected chi connectivity index (χ2v) is 11.7. The van der Waals surface area contributed by atoms with Gasteiger partial charge in [0.2, 0.25) is 0 Å². The smallest absolute Gasteiger partial charge is 0.316 e. The predicted molar refractivity (Wildman–Crippen MR) is 110 cm³/mol. The summed E-state index contributed by atoms with van der Waals surface area (Å²) in [7, 11) is 0. The molecule has 8 unspecified atom stereocenters. The summed E-state index contributed by atoms with van der Waals surface area (Å²) < 4.78 is 29.2. The fraction of sp³-hybridized carbons (Fsp3) is 0.720. The van der Waals surface area contributed by atoms with Gasteiger partial charge < -0.3 is 23.4 Å². The normalized spacial score (nSPS) is 50.0. The van der Waals surface area contributed by atoms with Gasteiger partial charge in [-0.3, -0.25) is 14.4 Å². The number of hydrogen-bond acceptors (Lipinski definition) is 8. The minimum absolute atomic E-state index is 0.0145. The van der Waals surface area contributed by atoms with Gasteiger partial charge in [-0.05, 0) is 46.1 Å². The molecule has 8 nitrogen and oxygen atoms in total. The number of rotatable bonds is 5. The Kier molecular flexibility index (Phi) is 3.50. The number of cyclic esters (lactones) is 1. The van der Waals surface area contributed by atoms with E-state index in [2.05, 4.69) is 0 Å². The fourth-order valence-corrected chi connectivity index (χ4v) is 8.25. The maximum absolute atomic E-state index is 13.5. The molecule has 1 aromatic rings. The molecule has 0 N–H and O–H groups in total. The van der Waals surface area contributed by atoms with E-state index < -0.39 is 22.2 Å². The van der Waals surface area contributed by atoms with E-state index in [1.165, 1.54) is 0 Å². The summed E-state index contributed by atoms with van der Waals surface area (Å²) in [5, 5.41) is 0. The molecule has 5 heterocycles. The van der Waals surface area contributed by atoms with Crippen LogP contribution in [0.2, 0.25) is 0 Å². The Morgan fingerprint density at radius 3 is 2.73 bits per heavy atom. The molecule has 4 aliphatic heterocycles. The van der Waals surface area contributed by atoms with Crippen LogP contribution < -0.4 is 0 Å². The summed E-state index contributed by atoms with van der Waals surface area (Å²) in [6.45, 7) is 5.78. The van der Waals surface area contributed by atoms with Crippen molar-refractivity contribution in [3.8, 4) is 0 Å². The van der Waals surface area contributed by atoms with Gasteiger partial charge in [-0.1, -0.05) is 0 Å². The summed E-state index contributed by atoms with van der Waals surface area (Å²) in [4.78, 5) is 38.7. The van der Waals surface area contributed by atoms with Crippen molar-refractivity contribution in [1.29, 1.82) is 0 Å². The van der Waals surface area contributed by atoms with Crippen LogP contribution in [0.5, 0.6) is 0 Å². The van der Waals surface area contributed by atoms with Crippen LogP contribution in [-0.2, 0) is 33.3 Å². The van der Waals surface area contributed by atoms with Crippen LogP contribution in [0, 0.1) is 16.7 Å². The van der Waals surface area contributed by atoms with Crippen LogP contribution in [-0.4, -0.2) is 46.7 Å². The average Bonchev–Trinajstić information content (AvgIpc) is 3.41. The van der Waals surface area contributed by atoms with Gasteiger partial charge in [0.05, 0.1) is 30.7 Å². The molecule has 4 saturated heterocycles. The lowest BCUT2D eigenvalue weighted by atomic mass is 9.67. The maximum atomic E-state index is 13.5. The molecule has 33 heavy (non-hydrogen) atoms. The van der Waals surface area contributed by atoms with E-state index in [9.17, 15) is 14.4 Å². The number of esters is 2. The molecule has 0 aromatic carbocycles. The molecule has 0 spiro atoms. The number of ether oxygens (including phenoxy) is 4. The van der Waals surface area contributed by atoms with Crippen LogP contribution in [0.3, 0.4) is 0 Å². The number of epoxide rings is 1. The van der Waals surface area contributed by atoms with Gasteiger partial charge in [0.1, 0.15) is 34.6 Å². The van der Waals surface area contributed by atoms with Gasteiger partial charge in [-0.15, -0.1) is 0 Å². The highest BCUT2D eigenvalue weighted by atomic mass is 16.6. The zero-order valence-corrected chi connectivity index (χ0v) is 19.1. The first-order valence-corrected chi connectivity index (χ1v) is 11.9. The van der Waals surface area contributed by atoms with Gasteiger partial charge >= 0.3 is 11.9 Å². The summed E-state index contributed by atoms with van der Waals surface area (Å²) >= 11 is 0. The number of Topliss-reactive ketones (excluding diaryl/α,β-unsaturated/α-hetero) is 1. The molecule has 8 heteroatoms. The highest BCUT2D eigenvalue weighted by Crippen LogP contribution is 2.88. The van der Waals surface area contributed by atoms with E-state index in [1.54, 1.807) is 12.5 Å². The van der Waals surface area contributed by atoms with Crippen molar-refractivity contribution in [3.63, 3.8) is 0 Å². The van der Waals surface area contributed by atoms with Crippen molar-refractivity contribution in [2.75, 3.05) is 0 Å². The van der Waals surface area contributed by atoms with Crippen LogP contribution in [0.1, 0.15) is 71.0 Å². The molecule has 0 amide bonds. The van der Waals surface area contributed by atoms with E-state index in [1.807, 2.05) is 26.8 Å². The third kappa shape index (κ3) is 2.18. The van der Waals surface area contributed by atoms with Crippen molar-refractivity contribution in [3.05, 3.63) is 24.2 Å². The van der Waals surface area contributed by atoms with E-state index >= 15 is 0 Å². The zero-order chi connectivity index (χ0) is 23.0. The molecule has 1 aromatic heterocycles.